The second-order valence-corrected chi connectivity index (χ2v) is 9.24. The predicted molar refractivity (Wildman–Crippen MR) is 129 cm³/mol. The molecular formula is C23H24ClFN4O3S. The van der Waals surface area contributed by atoms with Gasteiger partial charge >= 0.3 is 0 Å². The van der Waals surface area contributed by atoms with Crippen LogP contribution in [0, 0.1) is 5.82 Å². The number of hydrogen-bond acceptors (Lipinski definition) is 6. The first-order chi connectivity index (χ1) is 16.0. The molecule has 7 nitrogen and oxygen atoms in total. The van der Waals surface area contributed by atoms with E-state index in [1.54, 1.807) is 17.0 Å². The van der Waals surface area contributed by atoms with Crippen molar-refractivity contribution in [2.75, 3.05) is 44.7 Å². The number of aliphatic imine (C=N–C) groups is 1. The van der Waals surface area contributed by atoms with Crippen LogP contribution in [0.4, 0.5) is 15.8 Å². The van der Waals surface area contributed by atoms with Crippen LogP contribution in [-0.2, 0) is 14.3 Å². The van der Waals surface area contributed by atoms with Crippen LogP contribution in [0.5, 0.6) is 0 Å². The molecule has 0 aliphatic carbocycles. The minimum Gasteiger partial charge on any atom is -0.379 e. The molecule has 0 radical (unpaired) electrons. The van der Waals surface area contributed by atoms with Crippen molar-refractivity contribution in [1.82, 2.24) is 9.80 Å². The molecule has 2 heterocycles. The van der Waals surface area contributed by atoms with Crippen LogP contribution in [0.25, 0.3) is 0 Å². The molecule has 2 aromatic carbocycles. The summed E-state index contributed by atoms with van der Waals surface area (Å²) >= 11 is 7.14. The summed E-state index contributed by atoms with van der Waals surface area (Å²) in [6.07, 6.45) is 0.0235. The molecule has 2 aromatic rings. The fourth-order valence-corrected chi connectivity index (χ4v) is 4.92. The predicted octanol–water partition coefficient (Wildman–Crippen LogP) is 3.77. The molecule has 2 aliphatic rings. The van der Waals surface area contributed by atoms with Gasteiger partial charge in [0.15, 0.2) is 5.17 Å². The van der Waals surface area contributed by atoms with Gasteiger partial charge in [-0.05, 0) is 30.3 Å². The van der Waals surface area contributed by atoms with Gasteiger partial charge < -0.3 is 10.1 Å². The van der Waals surface area contributed by atoms with E-state index < -0.39 is 11.1 Å². The number of halogens is 2. The van der Waals surface area contributed by atoms with Crippen LogP contribution < -0.4 is 5.32 Å². The monoisotopic (exact) mass is 490 g/mol. The normalized spacial score (nSPS) is 20.4. The Morgan fingerprint density at radius 3 is 2.67 bits per heavy atom. The van der Waals surface area contributed by atoms with Gasteiger partial charge in [0, 0.05) is 38.3 Å². The van der Waals surface area contributed by atoms with E-state index in [1.807, 2.05) is 18.2 Å². The summed E-state index contributed by atoms with van der Waals surface area (Å²) in [5.74, 6) is -0.940. The molecule has 1 atom stereocenters. The zero-order chi connectivity index (χ0) is 23.2. The fraction of sp³-hybridized carbons (Fsp3) is 0.348. The zero-order valence-electron chi connectivity index (χ0n) is 17.9. The van der Waals surface area contributed by atoms with Crippen molar-refractivity contribution in [2.24, 2.45) is 4.99 Å². The van der Waals surface area contributed by atoms with E-state index in [-0.39, 0.29) is 23.3 Å². The molecule has 2 aliphatic heterocycles. The molecule has 174 valence electrons. The maximum absolute atomic E-state index is 13.6. The summed E-state index contributed by atoms with van der Waals surface area (Å²) in [5.41, 5.74) is 1.12. The Hall–Kier alpha value is -2.46. The van der Waals surface area contributed by atoms with E-state index in [4.69, 9.17) is 16.3 Å². The standard InChI is InChI=1S/C23H24ClFN4O3S/c24-18-14-17(6-7-19(18)25)27-23-29(9-8-28-10-12-32-13-11-28)22(31)20(33-23)15-21(30)26-16-4-2-1-3-5-16/h1-7,14,20H,8-13,15H2,(H,26,30). The molecule has 4 rings (SSSR count). The smallest absolute Gasteiger partial charge is 0.242 e. The highest BCUT2D eigenvalue weighted by atomic mass is 35.5. The molecule has 0 aromatic heterocycles. The number of carbonyl (C=O) groups excluding carboxylic acids is 2. The average molecular weight is 491 g/mol. The van der Waals surface area contributed by atoms with E-state index in [0.29, 0.717) is 42.8 Å². The van der Waals surface area contributed by atoms with E-state index in [9.17, 15) is 14.0 Å². The number of anilines is 1. The molecular weight excluding hydrogens is 467 g/mol. The van der Waals surface area contributed by atoms with Gasteiger partial charge in [0.2, 0.25) is 11.8 Å². The number of morpholine rings is 1. The first-order valence-corrected chi connectivity index (χ1v) is 11.9. The van der Waals surface area contributed by atoms with Crippen molar-refractivity contribution in [1.29, 1.82) is 0 Å². The van der Waals surface area contributed by atoms with Gasteiger partial charge in [0.05, 0.1) is 23.9 Å². The van der Waals surface area contributed by atoms with Crippen LogP contribution in [-0.4, -0.2) is 71.4 Å². The van der Waals surface area contributed by atoms with E-state index >= 15 is 0 Å². The Bertz CT molecular complexity index is 1030. The summed E-state index contributed by atoms with van der Waals surface area (Å²) in [4.78, 5) is 34.1. The Morgan fingerprint density at radius 1 is 1.18 bits per heavy atom. The quantitative estimate of drug-likeness (QED) is 0.639. The number of benzene rings is 2. The van der Waals surface area contributed by atoms with Crippen LogP contribution in [0.3, 0.4) is 0 Å². The van der Waals surface area contributed by atoms with Crippen LogP contribution in [0.15, 0.2) is 53.5 Å². The van der Waals surface area contributed by atoms with Crippen molar-refractivity contribution in [2.45, 2.75) is 11.7 Å². The highest BCUT2D eigenvalue weighted by molar-refractivity contribution is 8.15. The van der Waals surface area contributed by atoms with Crippen molar-refractivity contribution < 1.29 is 18.7 Å². The van der Waals surface area contributed by atoms with Gasteiger partial charge in [-0.2, -0.15) is 0 Å². The molecule has 2 amide bonds. The summed E-state index contributed by atoms with van der Waals surface area (Å²) in [5, 5.41) is 2.68. The van der Waals surface area contributed by atoms with Crippen molar-refractivity contribution in [3.63, 3.8) is 0 Å². The zero-order valence-corrected chi connectivity index (χ0v) is 19.4. The first kappa shape index (κ1) is 23.7. The lowest BCUT2D eigenvalue weighted by Gasteiger charge is -2.28. The topological polar surface area (TPSA) is 74.2 Å². The summed E-state index contributed by atoms with van der Waals surface area (Å²) in [6.45, 7) is 4.05. The minimum absolute atomic E-state index is 0.0235. The number of nitrogens with one attached hydrogen (secondary N) is 1. The number of ether oxygens (including phenoxy) is 1. The second-order valence-electron chi connectivity index (χ2n) is 7.66. The molecule has 33 heavy (non-hydrogen) atoms. The number of rotatable bonds is 7. The van der Waals surface area contributed by atoms with Crippen molar-refractivity contribution in [3.8, 4) is 0 Å². The van der Waals surface area contributed by atoms with Gasteiger partial charge in [-0.15, -0.1) is 0 Å². The Balaban J connectivity index is 1.49. The fourth-order valence-electron chi connectivity index (χ4n) is 3.56. The highest BCUT2D eigenvalue weighted by Gasteiger charge is 2.39. The Labute approximate surface area is 200 Å². The minimum atomic E-state index is -0.590. The average Bonchev–Trinajstić information content (AvgIpc) is 3.10. The van der Waals surface area contributed by atoms with Gasteiger partial charge in [-0.3, -0.25) is 19.4 Å². The molecule has 1 unspecified atom stereocenters. The van der Waals surface area contributed by atoms with E-state index in [2.05, 4.69) is 15.2 Å². The number of amides is 2. The number of para-hydroxylation sites is 1. The Morgan fingerprint density at radius 2 is 1.94 bits per heavy atom. The number of carbonyl (C=O) groups is 2. The number of hydrogen-bond donors (Lipinski definition) is 1. The third-order valence-corrected chi connectivity index (χ3v) is 6.78. The number of thioether (sulfide) groups is 1. The molecule has 0 spiro atoms. The summed E-state index contributed by atoms with van der Waals surface area (Å²) in [6, 6.07) is 13.3. The molecule has 2 saturated heterocycles. The molecule has 2 fully saturated rings. The van der Waals surface area contributed by atoms with Crippen LogP contribution in [0.2, 0.25) is 5.02 Å². The van der Waals surface area contributed by atoms with Crippen LogP contribution >= 0.6 is 23.4 Å². The van der Waals surface area contributed by atoms with Gasteiger partial charge in [0.1, 0.15) is 11.1 Å². The van der Waals surface area contributed by atoms with Crippen molar-refractivity contribution in [3.05, 3.63) is 59.4 Å². The third kappa shape index (κ3) is 6.32. The molecule has 0 bridgehead atoms. The maximum atomic E-state index is 13.6. The SMILES string of the molecule is O=C(CC1SC(=Nc2ccc(F)c(Cl)c2)N(CCN2CCOCC2)C1=O)Nc1ccccc1. The van der Waals surface area contributed by atoms with Crippen molar-refractivity contribution >= 4 is 51.7 Å². The first-order valence-electron chi connectivity index (χ1n) is 10.7. The lowest BCUT2D eigenvalue weighted by Crippen LogP contribution is -2.43. The summed E-state index contributed by atoms with van der Waals surface area (Å²) < 4.78 is 18.9. The molecule has 0 saturated carbocycles. The lowest BCUT2D eigenvalue weighted by molar-refractivity contribution is -0.128. The highest BCUT2D eigenvalue weighted by Crippen LogP contribution is 2.32. The molecule has 1 N–H and O–H groups in total. The third-order valence-electron chi connectivity index (χ3n) is 5.32. The second kappa shape index (κ2) is 11.1. The Kier molecular flexibility index (Phi) is 7.97. The van der Waals surface area contributed by atoms with Gasteiger partial charge in [0.25, 0.3) is 0 Å². The lowest BCUT2D eigenvalue weighted by atomic mass is 10.2. The molecule has 10 heteroatoms. The van der Waals surface area contributed by atoms with E-state index in [0.717, 1.165) is 13.1 Å². The number of nitrogens with zero attached hydrogens (tertiary/aromatic N) is 3. The van der Waals surface area contributed by atoms with Crippen LogP contribution in [0.1, 0.15) is 6.42 Å². The van der Waals surface area contributed by atoms with Gasteiger partial charge in [-0.1, -0.05) is 41.6 Å². The maximum Gasteiger partial charge on any atom is 0.242 e. The largest absolute Gasteiger partial charge is 0.379 e. The summed E-state index contributed by atoms with van der Waals surface area (Å²) in [7, 11) is 0. The van der Waals surface area contributed by atoms with Gasteiger partial charge in [-0.25, -0.2) is 9.38 Å². The van der Waals surface area contributed by atoms with E-state index in [1.165, 1.54) is 30.0 Å². The number of amidine groups is 1.